The van der Waals surface area contributed by atoms with E-state index in [-0.39, 0.29) is 5.28 Å². The molecule has 4 nitrogen and oxygen atoms in total. The minimum Gasteiger partial charge on any atom is -0.326 e. The van der Waals surface area contributed by atoms with Crippen LogP contribution in [0.3, 0.4) is 0 Å². The van der Waals surface area contributed by atoms with Gasteiger partial charge < -0.3 is 5.73 Å². The molecule has 2 aromatic rings. The summed E-state index contributed by atoms with van der Waals surface area (Å²) in [5, 5.41) is 0.197. The minimum absolute atomic E-state index is 0.197. The molecule has 0 spiro atoms. The molecule has 0 bridgehead atoms. The normalized spacial score (nSPS) is 10.3. The smallest absolute Gasteiger partial charge is 0.225 e. The van der Waals surface area contributed by atoms with Gasteiger partial charge in [0.2, 0.25) is 5.28 Å². The maximum Gasteiger partial charge on any atom is 0.225 e. The number of hydrogen-bond donors (Lipinski definition) is 1. The summed E-state index contributed by atoms with van der Waals surface area (Å²) < 4.78 is 0. The molecule has 0 unspecified atom stereocenters. The van der Waals surface area contributed by atoms with Crippen molar-refractivity contribution in [1.82, 2.24) is 15.0 Å². The van der Waals surface area contributed by atoms with Gasteiger partial charge in [0.25, 0.3) is 0 Å². The highest BCUT2D eigenvalue weighted by Crippen LogP contribution is 2.15. The van der Waals surface area contributed by atoms with Crippen molar-refractivity contribution in [3.8, 4) is 11.4 Å². The summed E-state index contributed by atoms with van der Waals surface area (Å²) in [4.78, 5) is 11.8. The standard InChI is InChI=1S/C10H9ClN4/c11-10-14-6-13-9(15-10)8-3-1-7(5-12)2-4-8/h1-4,6H,5,12H2. The van der Waals surface area contributed by atoms with Crippen LogP contribution in [-0.4, -0.2) is 15.0 Å². The Morgan fingerprint density at radius 3 is 2.47 bits per heavy atom. The second-order valence-corrected chi connectivity index (χ2v) is 3.32. The topological polar surface area (TPSA) is 64.7 Å². The molecular weight excluding hydrogens is 212 g/mol. The first-order valence-electron chi connectivity index (χ1n) is 4.43. The SMILES string of the molecule is NCc1ccc(-c2ncnc(Cl)n2)cc1. The lowest BCUT2D eigenvalue weighted by molar-refractivity contribution is 1.05. The van der Waals surface area contributed by atoms with E-state index >= 15 is 0 Å². The van der Waals surface area contributed by atoms with Gasteiger partial charge in [0.05, 0.1) is 0 Å². The Kier molecular flexibility index (Phi) is 2.89. The fourth-order valence-corrected chi connectivity index (χ4v) is 1.33. The van der Waals surface area contributed by atoms with Crippen molar-refractivity contribution < 1.29 is 0 Å². The third-order valence-corrected chi connectivity index (χ3v) is 2.17. The van der Waals surface area contributed by atoms with Crippen LogP contribution >= 0.6 is 11.6 Å². The molecule has 15 heavy (non-hydrogen) atoms. The summed E-state index contributed by atoms with van der Waals surface area (Å²) in [5.41, 5.74) is 7.47. The van der Waals surface area contributed by atoms with E-state index < -0.39 is 0 Å². The first kappa shape index (κ1) is 10.0. The molecule has 0 atom stereocenters. The van der Waals surface area contributed by atoms with E-state index in [1.165, 1.54) is 6.33 Å². The van der Waals surface area contributed by atoms with Crippen molar-refractivity contribution in [1.29, 1.82) is 0 Å². The van der Waals surface area contributed by atoms with Crippen LogP contribution in [0.1, 0.15) is 5.56 Å². The Morgan fingerprint density at radius 2 is 1.87 bits per heavy atom. The van der Waals surface area contributed by atoms with E-state index in [2.05, 4.69) is 15.0 Å². The zero-order valence-corrected chi connectivity index (χ0v) is 8.65. The van der Waals surface area contributed by atoms with Crippen molar-refractivity contribution in [2.24, 2.45) is 5.73 Å². The third kappa shape index (κ3) is 2.29. The predicted octanol–water partition coefficient (Wildman–Crippen LogP) is 1.65. The molecule has 0 aliphatic heterocycles. The lowest BCUT2D eigenvalue weighted by Crippen LogP contribution is -1.96. The van der Waals surface area contributed by atoms with Crippen molar-refractivity contribution >= 4 is 11.6 Å². The van der Waals surface area contributed by atoms with Crippen molar-refractivity contribution in [2.75, 3.05) is 0 Å². The molecule has 0 fully saturated rings. The van der Waals surface area contributed by atoms with Crippen molar-refractivity contribution in [3.05, 3.63) is 41.4 Å². The average Bonchev–Trinajstić information content (AvgIpc) is 2.29. The van der Waals surface area contributed by atoms with E-state index in [9.17, 15) is 0 Å². The van der Waals surface area contributed by atoms with Crippen LogP contribution in [0.15, 0.2) is 30.6 Å². The summed E-state index contributed by atoms with van der Waals surface area (Å²) in [6.45, 7) is 0.526. The minimum atomic E-state index is 0.197. The van der Waals surface area contributed by atoms with E-state index in [4.69, 9.17) is 17.3 Å². The van der Waals surface area contributed by atoms with E-state index in [1.807, 2.05) is 24.3 Å². The van der Waals surface area contributed by atoms with Crippen LogP contribution in [0.2, 0.25) is 5.28 Å². The molecule has 76 valence electrons. The first-order valence-corrected chi connectivity index (χ1v) is 4.81. The molecule has 1 aromatic carbocycles. The Morgan fingerprint density at radius 1 is 1.13 bits per heavy atom. The molecule has 1 heterocycles. The van der Waals surface area contributed by atoms with Crippen molar-refractivity contribution in [2.45, 2.75) is 6.54 Å². The number of rotatable bonds is 2. The van der Waals surface area contributed by atoms with Gasteiger partial charge in [-0.05, 0) is 17.2 Å². The van der Waals surface area contributed by atoms with Gasteiger partial charge in [0.15, 0.2) is 5.82 Å². The summed E-state index contributed by atoms with van der Waals surface area (Å²) in [5.74, 6) is 0.568. The van der Waals surface area contributed by atoms with Crippen LogP contribution in [0, 0.1) is 0 Å². The number of nitrogens with zero attached hydrogens (tertiary/aromatic N) is 3. The molecule has 5 heteroatoms. The maximum atomic E-state index is 5.67. The average molecular weight is 221 g/mol. The van der Waals surface area contributed by atoms with E-state index in [1.54, 1.807) is 0 Å². The fourth-order valence-electron chi connectivity index (χ4n) is 1.21. The van der Waals surface area contributed by atoms with Gasteiger partial charge in [-0.1, -0.05) is 24.3 Å². The Hall–Kier alpha value is -1.52. The molecule has 0 aliphatic carbocycles. The summed E-state index contributed by atoms with van der Waals surface area (Å²) in [6.07, 6.45) is 1.39. The van der Waals surface area contributed by atoms with Gasteiger partial charge in [-0.25, -0.2) is 9.97 Å². The monoisotopic (exact) mass is 220 g/mol. The van der Waals surface area contributed by atoms with Gasteiger partial charge in [0, 0.05) is 12.1 Å². The molecule has 2 N–H and O–H groups in total. The summed E-state index contributed by atoms with van der Waals surface area (Å²) in [6, 6.07) is 7.70. The number of hydrogen-bond acceptors (Lipinski definition) is 4. The Balaban J connectivity index is 2.37. The zero-order chi connectivity index (χ0) is 10.7. The predicted molar refractivity (Wildman–Crippen MR) is 58.2 cm³/mol. The lowest BCUT2D eigenvalue weighted by Gasteiger charge is -2.00. The molecule has 2 rings (SSSR count). The van der Waals surface area contributed by atoms with E-state index in [0.29, 0.717) is 12.4 Å². The van der Waals surface area contributed by atoms with Gasteiger partial charge in [-0.15, -0.1) is 0 Å². The van der Waals surface area contributed by atoms with Crippen molar-refractivity contribution in [3.63, 3.8) is 0 Å². The second-order valence-electron chi connectivity index (χ2n) is 2.98. The highest BCUT2D eigenvalue weighted by Gasteiger charge is 2.01. The maximum absolute atomic E-state index is 5.67. The number of nitrogens with two attached hydrogens (primary N) is 1. The van der Waals surface area contributed by atoms with Crippen LogP contribution in [-0.2, 0) is 6.54 Å². The molecule has 1 aromatic heterocycles. The van der Waals surface area contributed by atoms with Gasteiger partial charge in [-0.3, -0.25) is 0 Å². The summed E-state index contributed by atoms with van der Waals surface area (Å²) >= 11 is 5.67. The highest BCUT2D eigenvalue weighted by atomic mass is 35.5. The quantitative estimate of drug-likeness (QED) is 0.836. The number of benzene rings is 1. The largest absolute Gasteiger partial charge is 0.326 e. The molecule has 0 radical (unpaired) electrons. The lowest BCUT2D eigenvalue weighted by atomic mass is 10.1. The molecule has 0 saturated heterocycles. The zero-order valence-electron chi connectivity index (χ0n) is 7.89. The molecular formula is C10H9ClN4. The van der Waals surface area contributed by atoms with Crippen LogP contribution in [0.25, 0.3) is 11.4 Å². The fraction of sp³-hybridized carbons (Fsp3) is 0.100. The van der Waals surface area contributed by atoms with Crippen LogP contribution < -0.4 is 5.73 Å². The number of halogens is 1. The Labute approximate surface area is 92.2 Å². The Bertz CT molecular complexity index is 455. The molecule has 0 saturated carbocycles. The first-order chi connectivity index (χ1) is 7.29. The van der Waals surface area contributed by atoms with Crippen LogP contribution in [0.5, 0.6) is 0 Å². The van der Waals surface area contributed by atoms with Gasteiger partial charge in [0.1, 0.15) is 6.33 Å². The second kappa shape index (κ2) is 4.33. The molecule has 0 aliphatic rings. The molecule has 0 amide bonds. The van der Waals surface area contributed by atoms with Crippen LogP contribution in [0.4, 0.5) is 0 Å². The van der Waals surface area contributed by atoms with E-state index in [0.717, 1.165) is 11.1 Å². The van der Waals surface area contributed by atoms with Gasteiger partial charge in [-0.2, -0.15) is 4.98 Å². The summed E-state index contributed by atoms with van der Waals surface area (Å²) in [7, 11) is 0. The number of aromatic nitrogens is 3. The van der Waals surface area contributed by atoms with Gasteiger partial charge >= 0.3 is 0 Å². The third-order valence-electron chi connectivity index (χ3n) is 1.99. The highest BCUT2D eigenvalue weighted by molar-refractivity contribution is 6.28.